The van der Waals surface area contributed by atoms with Gasteiger partial charge in [0.15, 0.2) is 0 Å². The van der Waals surface area contributed by atoms with Gasteiger partial charge in [0.1, 0.15) is 0 Å². The lowest BCUT2D eigenvalue weighted by atomic mass is 10.2. The van der Waals surface area contributed by atoms with Crippen LogP contribution < -0.4 is 0 Å². The van der Waals surface area contributed by atoms with Crippen LogP contribution in [0.3, 0.4) is 0 Å². The first-order valence-corrected chi connectivity index (χ1v) is 6.88. The van der Waals surface area contributed by atoms with Crippen molar-refractivity contribution in [3.05, 3.63) is 67.1 Å². The smallest absolute Gasteiger partial charge is 0.258 e. The maximum atomic E-state index is 10.7. The molecule has 6 heteroatoms. The standard InChI is InChI=1S/C14H10BrClN2O2/c1-9-6-11(2-4-13(9)15)17-8-10-7-12(18(19)20)3-5-14(10)16/h2-8H,1H3. The van der Waals surface area contributed by atoms with Crippen molar-refractivity contribution in [1.82, 2.24) is 0 Å². The maximum Gasteiger partial charge on any atom is 0.270 e. The second kappa shape index (κ2) is 6.15. The first-order valence-electron chi connectivity index (χ1n) is 5.71. The van der Waals surface area contributed by atoms with Crippen molar-refractivity contribution in [2.45, 2.75) is 6.92 Å². The van der Waals surface area contributed by atoms with Gasteiger partial charge in [-0.25, -0.2) is 0 Å². The molecule has 0 unspecified atom stereocenters. The molecule has 0 aliphatic rings. The van der Waals surface area contributed by atoms with Crippen molar-refractivity contribution in [3.63, 3.8) is 0 Å². The highest BCUT2D eigenvalue weighted by molar-refractivity contribution is 9.10. The Balaban J connectivity index is 2.33. The van der Waals surface area contributed by atoms with Crippen LogP contribution in [0.15, 0.2) is 45.9 Å². The van der Waals surface area contributed by atoms with E-state index in [1.807, 2.05) is 25.1 Å². The molecule has 0 N–H and O–H groups in total. The largest absolute Gasteiger partial charge is 0.270 e. The number of halogens is 2. The van der Waals surface area contributed by atoms with E-state index >= 15 is 0 Å². The summed E-state index contributed by atoms with van der Waals surface area (Å²) in [5, 5.41) is 11.2. The topological polar surface area (TPSA) is 55.5 Å². The molecule has 0 aromatic heterocycles. The molecule has 0 aliphatic carbocycles. The zero-order valence-corrected chi connectivity index (χ0v) is 12.9. The zero-order valence-electron chi connectivity index (χ0n) is 10.5. The van der Waals surface area contributed by atoms with Crippen LogP contribution in [0.5, 0.6) is 0 Å². The summed E-state index contributed by atoms with van der Waals surface area (Å²) >= 11 is 9.42. The molecule has 0 radical (unpaired) electrons. The number of nitro groups is 1. The Morgan fingerprint density at radius 1 is 1.30 bits per heavy atom. The number of rotatable bonds is 3. The van der Waals surface area contributed by atoms with Gasteiger partial charge in [0, 0.05) is 33.4 Å². The summed E-state index contributed by atoms with van der Waals surface area (Å²) in [7, 11) is 0. The molecule has 102 valence electrons. The number of benzene rings is 2. The molecule has 0 spiro atoms. The fourth-order valence-corrected chi connectivity index (χ4v) is 2.01. The number of nitrogens with zero attached hydrogens (tertiary/aromatic N) is 2. The molecule has 4 nitrogen and oxygen atoms in total. The number of nitro benzene ring substituents is 1. The molecule has 0 saturated carbocycles. The van der Waals surface area contributed by atoms with Crippen molar-refractivity contribution in [3.8, 4) is 0 Å². The minimum Gasteiger partial charge on any atom is -0.258 e. The number of aliphatic imine (C=N–C) groups is 1. The van der Waals surface area contributed by atoms with Crippen LogP contribution >= 0.6 is 27.5 Å². The second-order valence-electron chi connectivity index (χ2n) is 4.15. The molecule has 0 atom stereocenters. The summed E-state index contributed by atoms with van der Waals surface area (Å²) in [5.74, 6) is 0. The lowest BCUT2D eigenvalue weighted by Gasteiger charge is -2.00. The van der Waals surface area contributed by atoms with Gasteiger partial charge < -0.3 is 0 Å². The summed E-state index contributed by atoms with van der Waals surface area (Å²) in [4.78, 5) is 14.6. The quantitative estimate of drug-likeness (QED) is 0.439. The van der Waals surface area contributed by atoms with E-state index in [0.717, 1.165) is 15.7 Å². The monoisotopic (exact) mass is 352 g/mol. The van der Waals surface area contributed by atoms with E-state index < -0.39 is 4.92 Å². The Bertz CT molecular complexity index is 702. The number of hydrogen-bond donors (Lipinski definition) is 0. The van der Waals surface area contributed by atoms with E-state index in [2.05, 4.69) is 20.9 Å². The van der Waals surface area contributed by atoms with Crippen LogP contribution in [0, 0.1) is 17.0 Å². The molecule has 0 fully saturated rings. The van der Waals surface area contributed by atoms with Crippen LogP contribution in [0.1, 0.15) is 11.1 Å². The Morgan fingerprint density at radius 3 is 2.70 bits per heavy atom. The van der Waals surface area contributed by atoms with E-state index in [4.69, 9.17) is 11.6 Å². The van der Waals surface area contributed by atoms with E-state index in [1.54, 1.807) is 0 Å². The first kappa shape index (κ1) is 14.7. The number of hydrogen-bond acceptors (Lipinski definition) is 3. The third-order valence-electron chi connectivity index (χ3n) is 2.68. The SMILES string of the molecule is Cc1cc(N=Cc2cc([N+](=O)[O-])ccc2Cl)ccc1Br. The molecule has 0 bridgehead atoms. The highest BCUT2D eigenvalue weighted by Crippen LogP contribution is 2.24. The first-order chi connectivity index (χ1) is 9.47. The van der Waals surface area contributed by atoms with Crippen LogP contribution in [-0.2, 0) is 0 Å². The number of aryl methyl sites for hydroxylation is 1. The fourth-order valence-electron chi connectivity index (χ4n) is 1.60. The average molecular weight is 354 g/mol. The van der Waals surface area contributed by atoms with Crippen molar-refractivity contribution in [2.24, 2.45) is 4.99 Å². The second-order valence-corrected chi connectivity index (χ2v) is 5.42. The lowest BCUT2D eigenvalue weighted by Crippen LogP contribution is -1.90. The normalized spacial score (nSPS) is 10.9. The Morgan fingerprint density at radius 2 is 2.05 bits per heavy atom. The molecule has 20 heavy (non-hydrogen) atoms. The van der Waals surface area contributed by atoms with Crippen molar-refractivity contribution in [2.75, 3.05) is 0 Å². The van der Waals surface area contributed by atoms with Crippen LogP contribution in [0.2, 0.25) is 5.02 Å². The average Bonchev–Trinajstić information content (AvgIpc) is 2.41. The molecular formula is C14H10BrClN2O2. The van der Waals surface area contributed by atoms with E-state index in [-0.39, 0.29) is 5.69 Å². The summed E-state index contributed by atoms with van der Waals surface area (Å²) in [6.45, 7) is 1.96. The van der Waals surface area contributed by atoms with Crippen LogP contribution in [0.25, 0.3) is 0 Å². The van der Waals surface area contributed by atoms with E-state index in [0.29, 0.717) is 10.6 Å². The molecular weight excluding hydrogens is 344 g/mol. The van der Waals surface area contributed by atoms with Gasteiger partial charge in [0.25, 0.3) is 5.69 Å². The van der Waals surface area contributed by atoms with E-state index in [1.165, 1.54) is 24.4 Å². The van der Waals surface area contributed by atoms with Crippen molar-refractivity contribution >= 4 is 45.1 Å². The van der Waals surface area contributed by atoms with Gasteiger partial charge in [-0.1, -0.05) is 27.5 Å². The predicted molar refractivity (Wildman–Crippen MR) is 84.2 cm³/mol. The molecule has 2 rings (SSSR count). The van der Waals surface area contributed by atoms with Crippen molar-refractivity contribution < 1.29 is 4.92 Å². The Labute approximate surface area is 129 Å². The van der Waals surface area contributed by atoms with Crippen LogP contribution in [0.4, 0.5) is 11.4 Å². The van der Waals surface area contributed by atoms with Gasteiger partial charge in [0.2, 0.25) is 0 Å². The van der Waals surface area contributed by atoms with Gasteiger partial charge in [0.05, 0.1) is 10.6 Å². The third-order valence-corrected chi connectivity index (χ3v) is 3.92. The maximum absolute atomic E-state index is 10.7. The Kier molecular flexibility index (Phi) is 4.52. The van der Waals surface area contributed by atoms with Gasteiger partial charge in [-0.2, -0.15) is 0 Å². The molecule has 2 aromatic rings. The minimum absolute atomic E-state index is 0.0113. The molecule has 0 aliphatic heterocycles. The predicted octanol–water partition coefficient (Wildman–Crippen LogP) is 5.07. The molecule has 0 saturated heterocycles. The summed E-state index contributed by atoms with van der Waals surface area (Å²) < 4.78 is 1.00. The Hall–Kier alpha value is -1.72. The fraction of sp³-hybridized carbons (Fsp3) is 0.0714. The summed E-state index contributed by atoms with van der Waals surface area (Å²) in [5.41, 5.74) is 2.32. The minimum atomic E-state index is -0.461. The van der Waals surface area contributed by atoms with Crippen molar-refractivity contribution in [1.29, 1.82) is 0 Å². The zero-order chi connectivity index (χ0) is 14.7. The molecule has 2 aromatic carbocycles. The van der Waals surface area contributed by atoms with E-state index in [9.17, 15) is 10.1 Å². The highest BCUT2D eigenvalue weighted by atomic mass is 79.9. The number of non-ortho nitro benzene ring substituents is 1. The summed E-state index contributed by atoms with van der Waals surface area (Å²) in [6, 6.07) is 9.91. The summed E-state index contributed by atoms with van der Waals surface area (Å²) in [6.07, 6.45) is 1.53. The lowest BCUT2D eigenvalue weighted by molar-refractivity contribution is -0.384. The van der Waals surface area contributed by atoms with Gasteiger partial charge in [-0.05, 0) is 36.8 Å². The van der Waals surface area contributed by atoms with Crippen LogP contribution in [-0.4, -0.2) is 11.1 Å². The highest BCUT2D eigenvalue weighted by Gasteiger charge is 2.08. The van der Waals surface area contributed by atoms with Gasteiger partial charge in [-0.3, -0.25) is 15.1 Å². The molecule has 0 amide bonds. The van der Waals surface area contributed by atoms with Gasteiger partial charge in [-0.15, -0.1) is 0 Å². The molecule has 0 heterocycles. The third kappa shape index (κ3) is 3.43. The van der Waals surface area contributed by atoms with Gasteiger partial charge >= 0.3 is 0 Å².